The maximum atomic E-state index is 3.70. The van der Waals surface area contributed by atoms with Crippen molar-refractivity contribution in [3.05, 3.63) is 58.3 Å². The quantitative estimate of drug-likeness (QED) is 0.926. The van der Waals surface area contributed by atoms with Gasteiger partial charge in [0.25, 0.3) is 0 Å². The predicted molar refractivity (Wildman–Crippen MR) is 86.0 cm³/mol. The van der Waals surface area contributed by atoms with Gasteiger partial charge in [0.05, 0.1) is 0 Å². The molecule has 1 N–H and O–H groups in total. The van der Waals surface area contributed by atoms with Crippen LogP contribution in [0.15, 0.2) is 47.2 Å². The Morgan fingerprint density at radius 3 is 2.85 bits per heavy atom. The van der Waals surface area contributed by atoms with Gasteiger partial charge in [0.15, 0.2) is 0 Å². The smallest absolute Gasteiger partial charge is 0.0449 e. The second kappa shape index (κ2) is 6.53. The lowest BCUT2D eigenvalue weighted by molar-refractivity contribution is 0.196. The molecule has 1 fully saturated rings. The first kappa shape index (κ1) is 13.8. The normalized spacial score (nSPS) is 24.4. The van der Waals surface area contributed by atoms with Gasteiger partial charge in [-0.15, -0.1) is 0 Å². The number of rotatable bonds is 3. The number of nitrogens with one attached hydrogen (secondary N) is 1. The molecule has 0 aliphatic carbocycles. The van der Waals surface area contributed by atoms with E-state index < -0.39 is 0 Å². The molecule has 0 bridgehead atoms. The van der Waals surface area contributed by atoms with Gasteiger partial charge in [-0.25, -0.2) is 0 Å². The fourth-order valence-electron chi connectivity index (χ4n) is 2.87. The van der Waals surface area contributed by atoms with Crippen LogP contribution in [0.25, 0.3) is 0 Å². The molecule has 0 radical (unpaired) electrons. The summed E-state index contributed by atoms with van der Waals surface area (Å²) < 4.78 is 0. The predicted octanol–water partition coefficient (Wildman–Crippen LogP) is 3.67. The molecule has 20 heavy (non-hydrogen) atoms. The van der Waals surface area contributed by atoms with Crippen LogP contribution in [0, 0.1) is 0 Å². The Morgan fingerprint density at radius 1 is 1.25 bits per heavy atom. The number of nitrogens with zero attached hydrogens (tertiary/aromatic N) is 1. The molecule has 1 saturated heterocycles. The van der Waals surface area contributed by atoms with Crippen molar-refractivity contribution < 1.29 is 0 Å². The Bertz CT molecular complexity index is 509. The van der Waals surface area contributed by atoms with Gasteiger partial charge in [0.2, 0.25) is 0 Å². The van der Waals surface area contributed by atoms with Gasteiger partial charge in [0, 0.05) is 25.2 Å². The average molecular weight is 286 g/mol. The molecule has 1 aromatic carbocycles. The Kier molecular flexibility index (Phi) is 4.51. The first-order chi connectivity index (χ1) is 9.83. The molecule has 1 aliphatic rings. The summed E-state index contributed by atoms with van der Waals surface area (Å²) >= 11 is 1.79. The van der Waals surface area contributed by atoms with E-state index in [1.165, 1.54) is 17.5 Å². The van der Waals surface area contributed by atoms with Gasteiger partial charge in [-0.3, -0.25) is 4.90 Å². The van der Waals surface area contributed by atoms with E-state index in [-0.39, 0.29) is 0 Å². The summed E-state index contributed by atoms with van der Waals surface area (Å²) in [6.07, 6.45) is 1.22. The van der Waals surface area contributed by atoms with Crippen LogP contribution < -0.4 is 5.32 Å². The molecule has 0 spiro atoms. The molecule has 2 nitrogen and oxygen atoms in total. The summed E-state index contributed by atoms with van der Waals surface area (Å²) in [5.41, 5.74) is 2.84. The summed E-state index contributed by atoms with van der Waals surface area (Å²) in [6.45, 7) is 5.60. The molecule has 2 unspecified atom stereocenters. The zero-order valence-electron chi connectivity index (χ0n) is 12.0. The van der Waals surface area contributed by atoms with Crippen LogP contribution in [0.4, 0.5) is 0 Å². The number of hydrogen-bond acceptors (Lipinski definition) is 3. The van der Waals surface area contributed by atoms with Crippen LogP contribution in [-0.4, -0.2) is 24.0 Å². The molecule has 3 rings (SSSR count). The maximum Gasteiger partial charge on any atom is 0.0449 e. The van der Waals surface area contributed by atoms with Crippen LogP contribution >= 0.6 is 11.3 Å². The molecule has 3 heteroatoms. The third-order valence-electron chi connectivity index (χ3n) is 4.16. The highest BCUT2D eigenvalue weighted by Gasteiger charge is 2.23. The molecule has 2 heterocycles. The molecule has 1 aliphatic heterocycles. The molecular weight excluding hydrogens is 264 g/mol. The van der Waals surface area contributed by atoms with Crippen molar-refractivity contribution in [2.45, 2.75) is 32.0 Å². The third kappa shape index (κ3) is 3.29. The van der Waals surface area contributed by atoms with Crippen molar-refractivity contribution in [1.82, 2.24) is 10.2 Å². The zero-order valence-corrected chi connectivity index (χ0v) is 12.8. The Morgan fingerprint density at radius 2 is 2.10 bits per heavy atom. The van der Waals surface area contributed by atoms with E-state index in [4.69, 9.17) is 0 Å². The standard InChI is InChI=1S/C17H22N2S/c1-14-7-9-18-17(16-5-3-2-4-6-16)12-19(14)11-15-8-10-20-13-15/h2-6,8,10,13-14,17-18H,7,9,11-12H2,1H3. The van der Waals surface area contributed by atoms with Crippen molar-refractivity contribution >= 4 is 11.3 Å². The van der Waals surface area contributed by atoms with Crippen molar-refractivity contribution in [2.24, 2.45) is 0 Å². The summed E-state index contributed by atoms with van der Waals surface area (Å²) in [5, 5.41) is 8.14. The number of thiophene rings is 1. The monoisotopic (exact) mass is 286 g/mol. The largest absolute Gasteiger partial charge is 0.309 e. The van der Waals surface area contributed by atoms with Gasteiger partial charge in [-0.1, -0.05) is 30.3 Å². The highest BCUT2D eigenvalue weighted by atomic mass is 32.1. The van der Waals surface area contributed by atoms with Gasteiger partial charge in [-0.2, -0.15) is 11.3 Å². The van der Waals surface area contributed by atoms with E-state index in [2.05, 4.69) is 64.3 Å². The minimum Gasteiger partial charge on any atom is -0.309 e. The van der Waals surface area contributed by atoms with Crippen molar-refractivity contribution in [3.8, 4) is 0 Å². The minimum atomic E-state index is 0.444. The van der Waals surface area contributed by atoms with Gasteiger partial charge in [0.1, 0.15) is 0 Å². The molecular formula is C17H22N2S. The van der Waals surface area contributed by atoms with Crippen molar-refractivity contribution in [2.75, 3.05) is 13.1 Å². The van der Waals surface area contributed by atoms with E-state index in [0.717, 1.165) is 19.6 Å². The molecule has 1 aromatic heterocycles. The molecule has 106 valence electrons. The van der Waals surface area contributed by atoms with E-state index in [1.54, 1.807) is 11.3 Å². The van der Waals surface area contributed by atoms with Gasteiger partial charge < -0.3 is 5.32 Å². The number of benzene rings is 1. The van der Waals surface area contributed by atoms with E-state index >= 15 is 0 Å². The highest BCUT2D eigenvalue weighted by molar-refractivity contribution is 7.07. The fraction of sp³-hybridized carbons (Fsp3) is 0.412. The zero-order chi connectivity index (χ0) is 13.8. The minimum absolute atomic E-state index is 0.444. The third-order valence-corrected chi connectivity index (χ3v) is 4.89. The summed E-state index contributed by atoms with van der Waals surface area (Å²) in [5.74, 6) is 0. The van der Waals surface area contributed by atoms with Crippen LogP contribution in [0.3, 0.4) is 0 Å². The second-order valence-electron chi connectivity index (χ2n) is 5.62. The lowest BCUT2D eigenvalue weighted by Crippen LogP contribution is -2.35. The van der Waals surface area contributed by atoms with Crippen molar-refractivity contribution in [3.63, 3.8) is 0 Å². The van der Waals surface area contributed by atoms with Crippen LogP contribution in [0.1, 0.15) is 30.5 Å². The van der Waals surface area contributed by atoms with Gasteiger partial charge in [-0.05, 0) is 47.8 Å². The van der Waals surface area contributed by atoms with E-state index in [1.807, 2.05) is 0 Å². The molecule has 0 amide bonds. The van der Waals surface area contributed by atoms with Crippen LogP contribution in [-0.2, 0) is 6.54 Å². The Hall–Kier alpha value is -1.16. The summed E-state index contributed by atoms with van der Waals surface area (Å²) in [7, 11) is 0. The maximum absolute atomic E-state index is 3.70. The SMILES string of the molecule is CC1CCNC(c2ccccc2)CN1Cc1ccsc1. The highest BCUT2D eigenvalue weighted by Crippen LogP contribution is 2.22. The van der Waals surface area contributed by atoms with E-state index in [0.29, 0.717) is 12.1 Å². The Labute approximate surface area is 125 Å². The first-order valence-electron chi connectivity index (χ1n) is 7.36. The summed E-state index contributed by atoms with van der Waals surface area (Å²) in [6, 6.07) is 14.1. The lowest BCUT2D eigenvalue weighted by atomic mass is 10.1. The second-order valence-corrected chi connectivity index (χ2v) is 6.40. The fourth-order valence-corrected chi connectivity index (χ4v) is 3.53. The topological polar surface area (TPSA) is 15.3 Å². The van der Waals surface area contributed by atoms with Gasteiger partial charge >= 0.3 is 0 Å². The first-order valence-corrected chi connectivity index (χ1v) is 8.30. The van der Waals surface area contributed by atoms with Crippen molar-refractivity contribution in [1.29, 1.82) is 0 Å². The lowest BCUT2D eigenvalue weighted by Gasteiger charge is -2.29. The molecule has 2 atom stereocenters. The van der Waals surface area contributed by atoms with Crippen LogP contribution in [0.5, 0.6) is 0 Å². The molecule has 2 aromatic rings. The Balaban J connectivity index is 1.74. The average Bonchev–Trinajstić information content (AvgIpc) is 2.92. The molecule has 0 saturated carbocycles. The van der Waals surface area contributed by atoms with Crippen LogP contribution in [0.2, 0.25) is 0 Å². The van der Waals surface area contributed by atoms with E-state index in [9.17, 15) is 0 Å². The summed E-state index contributed by atoms with van der Waals surface area (Å²) in [4.78, 5) is 2.61. The number of hydrogen-bond donors (Lipinski definition) is 1.